The van der Waals surface area contributed by atoms with Crippen LogP contribution in [0.3, 0.4) is 0 Å². The molecule has 1 aromatic carbocycles. The Kier molecular flexibility index (Phi) is 4.02. The average Bonchev–Trinajstić information content (AvgIpc) is 2.39. The van der Waals surface area contributed by atoms with Crippen molar-refractivity contribution >= 4 is 0 Å². The van der Waals surface area contributed by atoms with Gasteiger partial charge in [-0.15, -0.1) is 5.73 Å². The van der Waals surface area contributed by atoms with Gasteiger partial charge < -0.3 is 0 Å². The molecule has 0 atom stereocenters. The Morgan fingerprint density at radius 1 is 1.06 bits per heavy atom. The van der Waals surface area contributed by atoms with E-state index in [2.05, 4.69) is 62.6 Å². The van der Waals surface area contributed by atoms with Crippen LogP contribution in [0.1, 0.15) is 30.9 Å². The van der Waals surface area contributed by atoms with Crippen molar-refractivity contribution in [3.63, 3.8) is 0 Å². The van der Waals surface area contributed by atoms with Gasteiger partial charge in [0.1, 0.15) is 0 Å². The third kappa shape index (κ3) is 3.12. The molecule has 0 N–H and O–H groups in total. The Labute approximate surface area is 110 Å². The van der Waals surface area contributed by atoms with Crippen LogP contribution in [0.4, 0.5) is 0 Å². The summed E-state index contributed by atoms with van der Waals surface area (Å²) >= 11 is 0. The summed E-state index contributed by atoms with van der Waals surface area (Å²) in [4.78, 5) is 0. The van der Waals surface area contributed by atoms with Crippen LogP contribution in [-0.4, -0.2) is 0 Å². The molecule has 1 aliphatic carbocycles. The van der Waals surface area contributed by atoms with Gasteiger partial charge in [0.25, 0.3) is 0 Å². The van der Waals surface area contributed by atoms with Crippen molar-refractivity contribution in [1.82, 2.24) is 0 Å². The fraction of sp³-hybridized carbons (Fsp3) is 0.278. The molecule has 1 aromatic rings. The smallest absolute Gasteiger partial charge is 0.00123 e. The molecular weight excluding hydrogens is 216 g/mol. The molecule has 2 rings (SSSR count). The van der Waals surface area contributed by atoms with Crippen molar-refractivity contribution in [2.75, 3.05) is 0 Å². The molecule has 0 aliphatic heterocycles. The van der Waals surface area contributed by atoms with Crippen LogP contribution < -0.4 is 0 Å². The Bertz CT molecular complexity index is 532. The van der Waals surface area contributed by atoms with Crippen molar-refractivity contribution in [3.05, 3.63) is 76.6 Å². The normalized spacial score (nSPS) is 14.9. The zero-order chi connectivity index (χ0) is 13.0. The minimum absolute atomic E-state index is 1.01. The third-order valence-corrected chi connectivity index (χ3v) is 3.52. The molecule has 0 bridgehead atoms. The van der Waals surface area contributed by atoms with Gasteiger partial charge in [0.05, 0.1) is 0 Å². The van der Waals surface area contributed by atoms with Crippen LogP contribution in [-0.2, 0) is 6.42 Å². The second-order valence-corrected chi connectivity index (χ2v) is 4.99. The van der Waals surface area contributed by atoms with E-state index in [1.807, 2.05) is 0 Å². The molecule has 0 radical (unpaired) electrons. The number of allylic oxidation sites excluding steroid dienone is 5. The third-order valence-electron chi connectivity index (χ3n) is 3.52. The van der Waals surface area contributed by atoms with E-state index in [1.165, 1.54) is 27.8 Å². The van der Waals surface area contributed by atoms with Gasteiger partial charge in [-0.2, -0.15) is 0 Å². The zero-order valence-corrected chi connectivity index (χ0v) is 11.3. The molecule has 0 saturated carbocycles. The van der Waals surface area contributed by atoms with Gasteiger partial charge in [-0.05, 0) is 37.8 Å². The van der Waals surface area contributed by atoms with Crippen molar-refractivity contribution in [3.8, 4) is 0 Å². The monoisotopic (exact) mass is 236 g/mol. The van der Waals surface area contributed by atoms with Crippen molar-refractivity contribution in [2.24, 2.45) is 0 Å². The highest BCUT2D eigenvalue weighted by atomic mass is 14.1. The van der Waals surface area contributed by atoms with E-state index in [1.54, 1.807) is 0 Å². The summed E-state index contributed by atoms with van der Waals surface area (Å²) in [7, 11) is 0. The highest BCUT2D eigenvalue weighted by Gasteiger charge is 2.08. The Morgan fingerprint density at radius 2 is 1.78 bits per heavy atom. The molecule has 0 saturated heterocycles. The van der Waals surface area contributed by atoms with Crippen LogP contribution in [0.25, 0.3) is 0 Å². The predicted octanol–water partition coefficient (Wildman–Crippen LogP) is 4.92. The van der Waals surface area contributed by atoms with E-state index in [0.717, 1.165) is 19.3 Å². The predicted molar refractivity (Wildman–Crippen MR) is 78.6 cm³/mol. The molecule has 0 nitrogen and oxygen atoms in total. The van der Waals surface area contributed by atoms with E-state index >= 15 is 0 Å². The number of benzene rings is 1. The number of rotatable bonds is 3. The topological polar surface area (TPSA) is 0 Å². The Hall–Kier alpha value is -1.78. The average molecular weight is 236 g/mol. The van der Waals surface area contributed by atoms with E-state index in [9.17, 15) is 0 Å². The molecule has 0 spiro atoms. The summed E-state index contributed by atoms with van der Waals surface area (Å²) in [6.45, 7) is 8.02. The minimum atomic E-state index is 1.01. The van der Waals surface area contributed by atoms with E-state index in [-0.39, 0.29) is 0 Å². The van der Waals surface area contributed by atoms with Crippen molar-refractivity contribution in [1.29, 1.82) is 0 Å². The first kappa shape index (κ1) is 12.7. The van der Waals surface area contributed by atoms with Gasteiger partial charge in [0.15, 0.2) is 0 Å². The van der Waals surface area contributed by atoms with Gasteiger partial charge in [-0.3, -0.25) is 0 Å². The summed E-state index contributed by atoms with van der Waals surface area (Å²) in [5.74, 6) is 0. The molecule has 1 aliphatic rings. The van der Waals surface area contributed by atoms with E-state index in [0.29, 0.717) is 0 Å². The lowest BCUT2D eigenvalue weighted by Gasteiger charge is -2.14. The lowest BCUT2D eigenvalue weighted by Crippen LogP contribution is -1.97. The maximum Gasteiger partial charge on any atom is 0.00123 e. The summed E-state index contributed by atoms with van der Waals surface area (Å²) in [6, 6.07) is 8.82. The molecule has 0 fully saturated rings. The first-order chi connectivity index (χ1) is 8.69. The molecule has 18 heavy (non-hydrogen) atoms. The van der Waals surface area contributed by atoms with Gasteiger partial charge >= 0.3 is 0 Å². The van der Waals surface area contributed by atoms with E-state index < -0.39 is 0 Å². The highest BCUT2D eigenvalue weighted by Crippen LogP contribution is 2.26. The van der Waals surface area contributed by atoms with Crippen molar-refractivity contribution in [2.45, 2.75) is 33.1 Å². The lowest BCUT2D eigenvalue weighted by atomic mass is 9.91. The molecular formula is C18H20. The molecule has 0 unspecified atom stereocenters. The van der Waals surface area contributed by atoms with Crippen LogP contribution in [0.15, 0.2) is 65.4 Å². The molecule has 0 heteroatoms. The summed E-state index contributed by atoms with van der Waals surface area (Å²) in [5.41, 5.74) is 9.81. The Morgan fingerprint density at radius 3 is 2.44 bits per heavy atom. The number of hydrogen-bond donors (Lipinski definition) is 0. The van der Waals surface area contributed by atoms with Crippen molar-refractivity contribution < 1.29 is 0 Å². The van der Waals surface area contributed by atoms with Gasteiger partial charge in [0, 0.05) is 12.0 Å². The van der Waals surface area contributed by atoms with Crippen LogP contribution in [0.2, 0.25) is 0 Å². The fourth-order valence-electron chi connectivity index (χ4n) is 2.20. The van der Waals surface area contributed by atoms with Crippen LogP contribution >= 0.6 is 0 Å². The number of aryl methyl sites for hydroxylation is 2. The number of hydrogen-bond acceptors (Lipinski definition) is 0. The minimum Gasteiger partial charge on any atom is -0.125 e. The maximum atomic E-state index is 3.77. The quantitative estimate of drug-likeness (QED) is 0.654. The molecule has 0 aromatic heterocycles. The maximum absolute atomic E-state index is 3.77. The molecule has 92 valence electrons. The van der Waals surface area contributed by atoms with Gasteiger partial charge in [0.2, 0.25) is 0 Å². The molecule has 0 amide bonds. The summed E-state index contributed by atoms with van der Waals surface area (Å²) in [6.07, 6.45) is 7.69. The zero-order valence-electron chi connectivity index (χ0n) is 11.3. The first-order valence-corrected chi connectivity index (χ1v) is 6.50. The standard InChI is InChI=1S/C18H20/c1-4-18-13-17(10-7-15(18)3)12-11-16-8-5-14(2)6-9-16/h5-10H,1,11-13H2,2-3H3. The van der Waals surface area contributed by atoms with E-state index in [4.69, 9.17) is 0 Å². The first-order valence-electron chi connectivity index (χ1n) is 6.50. The second-order valence-electron chi connectivity index (χ2n) is 4.99. The second kappa shape index (κ2) is 5.71. The van der Waals surface area contributed by atoms with Gasteiger partial charge in [-0.25, -0.2) is 0 Å². The summed E-state index contributed by atoms with van der Waals surface area (Å²) < 4.78 is 0. The SMILES string of the molecule is C=C=C1CC(CCc2ccc(C)cc2)=CC=C1C. The van der Waals surface area contributed by atoms with Crippen LogP contribution in [0, 0.1) is 6.92 Å². The van der Waals surface area contributed by atoms with Crippen LogP contribution in [0.5, 0.6) is 0 Å². The summed E-state index contributed by atoms with van der Waals surface area (Å²) in [5, 5.41) is 0. The highest BCUT2D eigenvalue weighted by molar-refractivity contribution is 5.40. The molecule has 0 heterocycles. The largest absolute Gasteiger partial charge is 0.125 e. The fourth-order valence-corrected chi connectivity index (χ4v) is 2.20. The van der Waals surface area contributed by atoms with Gasteiger partial charge in [-0.1, -0.05) is 54.1 Å². The Balaban J connectivity index is 1.99. The lowest BCUT2D eigenvalue weighted by molar-refractivity contribution is 0.888.